The number of hydrogen-bond donors (Lipinski definition) is 1. The summed E-state index contributed by atoms with van der Waals surface area (Å²) in [7, 11) is 1.71. The first-order chi connectivity index (χ1) is 16.8. The maximum absolute atomic E-state index is 13.5. The van der Waals surface area contributed by atoms with Crippen molar-refractivity contribution in [2.45, 2.75) is 45.1 Å². The van der Waals surface area contributed by atoms with Crippen LogP contribution in [-0.2, 0) is 22.7 Å². The highest BCUT2D eigenvalue weighted by molar-refractivity contribution is 6.35. The number of carbonyl (C=O) groups is 3. The summed E-state index contributed by atoms with van der Waals surface area (Å²) in [5, 5.41) is 7.11. The number of carbonyl (C=O) groups excluding carboxylic acids is 3. The molecule has 0 bridgehead atoms. The number of halogens is 2. The van der Waals surface area contributed by atoms with Crippen molar-refractivity contribution in [2.24, 2.45) is 0 Å². The molecule has 2 fully saturated rings. The normalized spacial score (nSPS) is 20.7. The second kappa shape index (κ2) is 10.8. The largest absolute Gasteiger partial charge is 0.334 e. The lowest BCUT2D eigenvalue weighted by Gasteiger charge is -2.54. The average Bonchev–Trinajstić information content (AvgIpc) is 2.82. The van der Waals surface area contributed by atoms with Gasteiger partial charge in [0.15, 0.2) is 0 Å². The molecular formula is C25H29Cl2N5O3. The van der Waals surface area contributed by atoms with Crippen LogP contribution in [0.3, 0.4) is 0 Å². The first kappa shape index (κ1) is 25.3. The van der Waals surface area contributed by atoms with Crippen LogP contribution in [0, 0.1) is 0 Å². The maximum atomic E-state index is 13.5. The molecule has 1 N–H and O–H groups in total. The molecule has 2 aromatic rings. The minimum absolute atomic E-state index is 0.0196. The molecule has 8 nitrogen and oxygen atoms in total. The second-order valence-corrected chi connectivity index (χ2v) is 9.69. The third-order valence-corrected chi connectivity index (χ3v) is 6.96. The summed E-state index contributed by atoms with van der Waals surface area (Å²) in [5.41, 5.74) is 1.72. The molecule has 0 spiro atoms. The molecule has 4 amide bonds. The topological polar surface area (TPSA) is 76.2 Å². The Hall–Kier alpha value is -2.81. The number of likely N-dealkylation sites (N-methyl/N-ethyl adjacent to an activating group) is 1. The Kier molecular flexibility index (Phi) is 7.84. The van der Waals surface area contributed by atoms with Crippen molar-refractivity contribution in [2.75, 3.05) is 20.1 Å². The number of hydrazine groups is 1. The maximum Gasteiger partial charge on any atom is 0.334 e. The van der Waals surface area contributed by atoms with Crippen LogP contribution in [0.25, 0.3) is 0 Å². The van der Waals surface area contributed by atoms with Crippen molar-refractivity contribution < 1.29 is 14.4 Å². The van der Waals surface area contributed by atoms with Gasteiger partial charge in [-0.1, -0.05) is 72.9 Å². The molecule has 2 aromatic carbocycles. The van der Waals surface area contributed by atoms with E-state index in [-0.39, 0.29) is 37.5 Å². The van der Waals surface area contributed by atoms with E-state index in [1.165, 1.54) is 0 Å². The number of nitrogens with one attached hydrogen (secondary N) is 1. The Balaban J connectivity index is 1.61. The highest BCUT2D eigenvalue weighted by Gasteiger charge is 2.50. The van der Waals surface area contributed by atoms with Crippen molar-refractivity contribution in [3.63, 3.8) is 0 Å². The minimum atomic E-state index is -0.643. The fourth-order valence-electron chi connectivity index (χ4n) is 4.71. The number of piperazine rings is 1. The fourth-order valence-corrected chi connectivity index (χ4v) is 5.18. The molecule has 0 radical (unpaired) electrons. The number of rotatable bonds is 6. The number of nitrogens with zero attached hydrogens (tertiary/aromatic N) is 4. The molecule has 0 aliphatic carbocycles. The summed E-state index contributed by atoms with van der Waals surface area (Å²) in [6.45, 7) is 2.78. The molecular weight excluding hydrogens is 489 g/mol. The number of benzene rings is 2. The predicted molar refractivity (Wildman–Crippen MR) is 134 cm³/mol. The molecule has 186 valence electrons. The third kappa shape index (κ3) is 5.39. The standard InChI is InChI=1S/C25H29Cl2N5O3/c1-3-7-21-24(34)30(14-18-10-11-19(26)12-20(18)27)15-22-31(21)23(33)16-29(2)32(22)25(35)28-13-17-8-5-4-6-9-17/h4-6,8-12,21-22H,3,7,13-16H2,1-2H3,(H,28,35)/t21-,22-/m0/s1. The predicted octanol–water partition coefficient (Wildman–Crippen LogP) is 3.73. The SMILES string of the molecule is CCC[C@H]1C(=O)N(Cc2ccc(Cl)cc2Cl)C[C@H]2N1C(=O)CN(C)N2C(=O)NCc1ccccc1. The van der Waals surface area contributed by atoms with Crippen LogP contribution < -0.4 is 5.32 Å². The van der Waals surface area contributed by atoms with Crippen LogP contribution in [0.15, 0.2) is 48.5 Å². The second-order valence-electron chi connectivity index (χ2n) is 8.85. The zero-order chi connectivity index (χ0) is 25.1. The average molecular weight is 518 g/mol. The molecule has 4 rings (SSSR count). The van der Waals surface area contributed by atoms with E-state index in [1.54, 1.807) is 45.1 Å². The summed E-state index contributed by atoms with van der Waals surface area (Å²) in [4.78, 5) is 43.2. The fraction of sp³-hybridized carbons (Fsp3) is 0.400. The number of amides is 4. The summed E-state index contributed by atoms with van der Waals surface area (Å²) >= 11 is 12.4. The molecule has 0 unspecified atom stereocenters. The van der Waals surface area contributed by atoms with Gasteiger partial charge in [-0.05, 0) is 29.7 Å². The van der Waals surface area contributed by atoms with Gasteiger partial charge < -0.3 is 15.1 Å². The van der Waals surface area contributed by atoms with E-state index in [0.29, 0.717) is 23.0 Å². The zero-order valence-corrected chi connectivity index (χ0v) is 21.3. The van der Waals surface area contributed by atoms with E-state index in [9.17, 15) is 14.4 Å². The highest BCUT2D eigenvalue weighted by Crippen LogP contribution is 2.30. The summed E-state index contributed by atoms with van der Waals surface area (Å²) < 4.78 is 0. The first-order valence-electron chi connectivity index (χ1n) is 11.7. The van der Waals surface area contributed by atoms with Gasteiger partial charge in [0, 0.05) is 30.2 Å². The molecule has 2 aliphatic rings. The van der Waals surface area contributed by atoms with Gasteiger partial charge >= 0.3 is 6.03 Å². The Labute approximate surface area is 215 Å². The van der Waals surface area contributed by atoms with Crippen molar-refractivity contribution in [1.29, 1.82) is 0 Å². The summed E-state index contributed by atoms with van der Waals surface area (Å²) in [6.07, 6.45) is 0.602. The van der Waals surface area contributed by atoms with Gasteiger partial charge in [-0.15, -0.1) is 0 Å². The quantitative estimate of drug-likeness (QED) is 0.633. The Morgan fingerprint density at radius 1 is 1.11 bits per heavy atom. The number of urea groups is 1. The van der Waals surface area contributed by atoms with E-state index >= 15 is 0 Å². The molecule has 0 saturated carbocycles. The molecule has 2 aliphatic heterocycles. The van der Waals surface area contributed by atoms with Crippen molar-refractivity contribution in [1.82, 2.24) is 25.1 Å². The lowest BCUT2D eigenvalue weighted by Crippen LogP contribution is -2.75. The van der Waals surface area contributed by atoms with Gasteiger partial charge in [0.2, 0.25) is 11.8 Å². The Morgan fingerprint density at radius 2 is 1.86 bits per heavy atom. The van der Waals surface area contributed by atoms with Gasteiger partial charge in [-0.3, -0.25) is 9.59 Å². The van der Waals surface area contributed by atoms with Gasteiger partial charge in [-0.25, -0.2) is 14.8 Å². The van der Waals surface area contributed by atoms with E-state index in [1.807, 2.05) is 37.3 Å². The molecule has 2 atom stereocenters. The van der Waals surface area contributed by atoms with Crippen molar-refractivity contribution in [3.8, 4) is 0 Å². The molecule has 2 saturated heterocycles. The van der Waals surface area contributed by atoms with E-state index in [4.69, 9.17) is 23.2 Å². The van der Waals surface area contributed by atoms with Crippen LogP contribution in [0.5, 0.6) is 0 Å². The Bertz CT molecular complexity index is 1100. The van der Waals surface area contributed by atoms with E-state index < -0.39 is 12.2 Å². The number of fused-ring (bicyclic) bond motifs is 1. The van der Waals surface area contributed by atoms with Gasteiger partial charge in [0.05, 0.1) is 13.1 Å². The van der Waals surface area contributed by atoms with Crippen LogP contribution in [-0.4, -0.2) is 70.0 Å². The van der Waals surface area contributed by atoms with Crippen LogP contribution in [0.4, 0.5) is 4.79 Å². The smallest absolute Gasteiger partial charge is 0.333 e. The van der Waals surface area contributed by atoms with Gasteiger partial charge in [0.25, 0.3) is 0 Å². The molecule has 35 heavy (non-hydrogen) atoms. The van der Waals surface area contributed by atoms with E-state index in [2.05, 4.69) is 5.32 Å². The van der Waals surface area contributed by atoms with Crippen LogP contribution >= 0.6 is 23.2 Å². The molecule has 10 heteroatoms. The first-order valence-corrected chi connectivity index (χ1v) is 12.4. The van der Waals surface area contributed by atoms with Crippen LogP contribution in [0.1, 0.15) is 30.9 Å². The number of hydrogen-bond acceptors (Lipinski definition) is 4. The third-order valence-electron chi connectivity index (χ3n) is 6.37. The zero-order valence-electron chi connectivity index (χ0n) is 19.8. The lowest BCUT2D eigenvalue weighted by molar-refractivity contribution is -0.188. The summed E-state index contributed by atoms with van der Waals surface area (Å²) in [5.74, 6) is -0.308. The summed E-state index contributed by atoms with van der Waals surface area (Å²) in [6, 6.07) is 13.8. The monoisotopic (exact) mass is 517 g/mol. The van der Waals surface area contributed by atoms with Crippen molar-refractivity contribution >= 4 is 41.0 Å². The van der Waals surface area contributed by atoms with E-state index in [0.717, 1.165) is 17.5 Å². The lowest BCUT2D eigenvalue weighted by atomic mass is 10.0. The molecule has 0 aromatic heterocycles. The van der Waals surface area contributed by atoms with Crippen molar-refractivity contribution in [3.05, 3.63) is 69.7 Å². The van der Waals surface area contributed by atoms with Gasteiger partial charge in [0.1, 0.15) is 12.2 Å². The minimum Gasteiger partial charge on any atom is -0.333 e. The molecule has 2 heterocycles. The Morgan fingerprint density at radius 3 is 2.54 bits per heavy atom. The van der Waals surface area contributed by atoms with Gasteiger partial charge in [-0.2, -0.15) is 0 Å². The highest BCUT2D eigenvalue weighted by atomic mass is 35.5. The van der Waals surface area contributed by atoms with Crippen LogP contribution in [0.2, 0.25) is 10.0 Å².